The highest BCUT2D eigenvalue weighted by atomic mass is 79.9. The monoisotopic (exact) mass is 392 g/mol. The van der Waals surface area contributed by atoms with E-state index in [1.807, 2.05) is 24.3 Å². The van der Waals surface area contributed by atoms with Crippen LogP contribution in [-0.2, 0) is 4.74 Å². The molecule has 23 heavy (non-hydrogen) atoms. The van der Waals surface area contributed by atoms with Gasteiger partial charge < -0.3 is 15.4 Å². The molecule has 4 nitrogen and oxygen atoms in total. The molecule has 7 heteroatoms. The summed E-state index contributed by atoms with van der Waals surface area (Å²) in [5.41, 5.74) is 0.175. The van der Waals surface area contributed by atoms with E-state index in [9.17, 15) is 13.6 Å². The van der Waals surface area contributed by atoms with Gasteiger partial charge in [-0.05, 0) is 39.3 Å². The smallest absolute Gasteiger partial charge is 0.407 e. The summed E-state index contributed by atoms with van der Waals surface area (Å²) in [5.74, 6) is -3.08. The van der Waals surface area contributed by atoms with E-state index in [0.29, 0.717) is 0 Å². The zero-order chi connectivity index (χ0) is 17.7. The first-order valence-electron chi connectivity index (χ1n) is 7.33. The van der Waals surface area contributed by atoms with Crippen LogP contribution in [0.25, 0.3) is 0 Å². The second kappa shape index (κ2) is 8.06. The van der Waals surface area contributed by atoms with Crippen LogP contribution in [0, 0.1) is 0 Å². The quantitative estimate of drug-likeness (QED) is 0.760. The standard InChI is InChI=1S/C16H23BrF2N2O2/c1-11(12-7-5-6-8-13(12)17)20-9-16(18,19)10-21-14(22)23-15(2,3)4/h5-8,11,20H,9-10H2,1-4H3,(H,21,22). The number of carbonyl (C=O) groups is 1. The molecule has 130 valence electrons. The number of nitrogens with one attached hydrogen (secondary N) is 2. The van der Waals surface area contributed by atoms with Gasteiger partial charge in [-0.2, -0.15) is 0 Å². The minimum atomic E-state index is -3.08. The Labute approximate surface area is 144 Å². The molecule has 2 N–H and O–H groups in total. The number of carbonyl (C=O) groups excluding carboxylic acids is 1. The van der Waals surface area contributed by atoms with Crippen LogP contribution in [-0.4, -0.2) is 30.7 Å². The van der Waals surface area contributed by atoms with E-state index >= 15 is 0 Å². The first-order chi connectivity index (χ1) is 10.5. The number of hydrogen-bond acceptors (Lipinski definition) is 3. The van der Waals surface area contributed by atoms with E-state index in [1.54, 1.807) is 27.7 Å². The van der Waals surface area contributed by atoms with Gasteiger partial charge in [0.2, 0.25) is 0 Å². The first-order valence-corrected chi connectivity index (χ1v) is 8.12. The van der Waals surface area contributed by atoms with Crippen LogP contribution >= 0.6 is 15.9 Å². The second-order valence-corrected chi connectivity index (χ2v) is 7.19. The van der Waals surface area contributed by atoms with E-state index < -0.39 is 30.7 Å². The number of rotatable bonds is 6. The predicted octanol–water partition coefficient (Wildman–Crippen LogP) is 4.26. The van der Waals surface area contributed by atoms with Crippen molar-refractivity contribution in [3.63, 3.8) is 0 Å². The molecule has 0 aliphatic carbocycles. The number of amides is 1. The van der Waals surface area contributed by atoms with Crippen molar-refractivity contribution in [2.24, 2.45) is 0 Å². The molecule has 1 unspecified atom stereocenters. The molecule has 0 aliphatic heterocycles. The van der Waals surface area contributed by atoms with E-state index in [4.69, 9.17) is 4.74 Å². The van der Waals surface area contributed by atoms with Crippen LogP contribution in [0.2, 0.25) is 0 Å². The average molecular weight is 393 g/mol. The van der Waals surface area contributed by atoms with Crippen LogP contribution in [0.4, 0.5) is 13.6 Å². The zero-order valence-corrected chi connectivity index (χ0v) is 15.3. The Morgan fingerprint density at radius 1 is 1.26 bits per heavy atom. The minimum Gasteiger partial charge on any atom is -0.444 e. The highest BCUT2D eigenvalue weighted by molar-refractivity contribution is 9.10. The largest absolute Gasteiger partial charge is 0.444 e. The fraction of sp³-hybridized carbons (Fsp3) is 0.562. The van der Waals surface area contributed by atoms with Gasteiger partial charge in [0, 0.05) is 10.5 Å². The molecule has 1 rings (SSSR count). The van der Waals surface area contributed by atoms with Gasteiger partial charge in [0.15, 0.2) is 0 Å². The number of benzene rings is 1. The lowest BCUT2D eigenvalue weighted by molar-refractivity contribution is -0.00526. The number of hydrogen-bond donors (Lipinski definition) is 2. The van der Waals surface area contributed by atoms with Crippen LogP contribution in [0.5, 0.6) is 0 Å². The van der Waals surface area contributed by atoms with Crippen molar-refractivity contribution in [1.29, 1.82) is 0 Å². The first kappa shape index (κ1) is 19.8. The van der Waals surface area contributed by atoms with Gasteiger partial charge in [-0.3, -0.25) is 0 Å². The summed E-state index contributed by atoms with van der Waals surface area (Å²) in [4.78, 5) is 11.4. The molecule has 0 aromatic heterocycles. The number of halogens is 3. The molecule has 0 aliphatic rings. The Morgan fingerprint density at radius 3 is 2.43 bits per heavy atom. The van der Waals surface area contributed by atoms with Crippen molar-refractivity contribution >= 4 is 22.0 Å². The topological polar surface area (TPSA) is 50.4 Å². The van der Waals surface area contributed by atoms with Crippen molar-refractivity contribution in [2.75, 3.05) is 13.1 Å². The maximum absolute atomic E-state index is 13.8. The van der Waals surface area contributed by atoms with Gasteiger partial charge in [0.1, 0.15) is 5.60 Å². The summed E-state index contributed by atoms with van der Waals surface area (Å²) < 4.78 is 33.5. The molecule has 1 aromatic rings. The van der Waals surface area contributed by atoms with Gasteiger partial charge >= 0.3 is 6.09 Å². The fourth-order valence-corrected chi connectivity index (χ4v) is 2.44. The number of ether oxygens (including phenoxy) is 1. The molecule has 1 aromatic carbocycles. The lowest BCUT2D eigenvalue weighted by Gasteiger charge is -2.23. The molecule has 0 spiro atoms. The van der Waals surface area contributed by atoms with Gasteiger partial charge in [-0.25, -0.2) is 13.6 Å². The second-order valence-electron chi connectivity index (χ2n) is 6.34. The van der Waals surface area contributed by atoms with Gasteiger partial charge in [0.05, 0.1) is 13.1 Å². The molecule has 0 heterocycles. The number of alkyl carbamates (subject to hydrolysis) is 1. The van der Waals surface area contributed by atoms with Gasteiger partial charge in [-0.1, -0.05) is 34.1 Å². The third-order valence-corrected chi connectivity index (χ3v) is 3.65. The van der Waals surface area contributed by atoms with E-state index in [1.165, 1.54) is 0 Å². The summed E-state index contributed by atoms with van der Waals surface area (Å²) in [6.07, 6.45) is -0.851. The highest BCUT2D eigenvalue weighted by Gasteiger charge is 2.31. The summed E-state index contributed by atoms with van der Waals surface area (Å²) >= 11 is 3.39. The van der Waals surface area contributed by atoms with E-state index in [-0.39, 0.29) is 6.04 Å². The molecule has 0 saturated heterocycles. The summed E-state index contributed by atoms with van der Waals surface area (Å²) in [6.45, 7) is 5.49. The molecule has 1 amide bonds. The summed E-state index contributed by atoms with van der Waals surface area (Å²) in [5, 5.41) is 4.87. The Bertz CT molecular complexity index is 533. The normalized spacial score (nSPS) is 13.5. The molecule has 0 bridgehead atoms. The van der Waals surface area contributed by atoms with Crippen molar-refractivity contribution in [1.82, 2.24) is 10.6 Å². The van der Waals surface area contributed by atoms with Crippen LogP contribution < -0.4 is 10.6 Å². The minimum absolute atomic E-state index is 0.252. The third kappa shape index (κ3) is 7.74. The highest BCUT2D eigenvalue weighted by Crippen LogP contribution is 2.23. The number of alkyl halides is 2. The lowest BCUT2D eigenvalue weighted by atomic mass is 10.1. The predicted molar refractivity (Wildman–Crippen MR) is 89.7 cm³/mol. The van der Waals surface area contributed by atoms with Crippen molar-refractivity contribution in [2.45, 2.75) is 45.3 Å². The average Bonchev–Trinajstić information content (AvgIpc) is 2.42. The Hall–Kier alpha value is -1.21. The lowest BCUT2D eigenvalue weighted by Crippen LogP contribution is -2.45. The van der Waals surface area contributed by atoms with Crippen molar-refractivity contribution in [3.05, 3.63) is 34.3 Å². The zero-order valence-electron chi connectivity index (χ0n) is 13.8. The Kier molecular flexibility index (Phi) is 6.95. The summed E-state index contributed by atoms with van der Waals surface area (Å²) in [6, 6.07) is 7.17. The molecule has 0 radical (unpaired) electrons. The Balaban J connectivity index is 2.46. The van der Waals surface area contributed by atoms with Crippen molar-refractivity contribution < 1.29 is 18.3 Å². The van der Waals surface area contributed by atoms with Crippen LogP contribution in [0.3, 0.4) is 0 Å². The molecule has 0 saturated carbocycles. The Morgan fingerprint density at radius 2 is 1.87 bits per heavy atom. The third-order valence-electron chi connectivity index (χ3n) is 2.93. The van der Waals surface area contributed by atoms with Crippen molar-refractivity contribution in [3.8, 4) is 0 Å². The summed E-state index contributed by atoms with van der Waals surface area (Å²) in [7, 11) is 0. The fourth-order valence-electron chi connectivity index (χ4n) is 1.82. The molecular weight excluding hydrogens is 370 g/mol. The van der Waals surface area contributed by atoms with Crippen LogP contribution in [0.15, 0.2) is 28.7 Å². The van der Waals surface area contributed by atoms with E-state index in [0.717, 1.165) is 10.0 Å². The molecule has 1 atom stereocenters. The molecule has 0 fully saturated rings. The molecular formula is C16H23BrF2N2O2. The van der Waals surface area contributed by atoms with Crippen LogP contribution in [0.1, 0.15) is 39.3 Å². The maximum Gasteiger partial charge on any atom is 0.407 e. The maximum atomic E-state index is 13.8. The van der Waals surface area contributed by atoms with Gasteiger partial charge in [0.25, 0.3) is 5.92 Å². The van der Waals surface area contributed by atoms with E-state index in [2.05, 4.69) is 26.6 Å². The SMILES string of the molecule is CC(NCC(F)(F)CNC(=O)OC(C)(C)C)c1ccccc1Br. The van der Waals surface area contributed by atoms with Gasteiger partial charge in [-0.15, -0.1) is 0 Å².